The molecule has 2 heterocycles. The van der Waals surface area contributed by atoms with Crippen LogP contribution >= 0.6 is 0 Å². The summed E-state index contributed by atoms with van der Waals surface area (Å²) in [6, 6.07) is 7.08. The lowest BCUT2D eigenvalue weighted by Gasteiger charge is -2.08. The summed E-state index contributed by atoms with van der Waals surface area (Å²) in [4.78, 5) is 4.21. The molecular weight excluding hydrogens is 290 g/mol. The Morgan fingerprint density at radius 3 is 2.57 bits per heavy atom. The minimum Gasteiger partial charge on any atom is -0.447 e. The molecule has 0 saturated carbocycles. The van der Waals surface area contributed by atoms with Crippen LogP contribution in [-0.2, 0) is 23.1 Å². The highest BCUT2D eigenvalue weighted by Gasteiger charge is 2.21. The molecule has 21 heavy (non-hydrogen) atoms. The highest BCUT2D eigenvalue weighted by Crippen LogP contribution is 2.16. The second-order valence-corrected chi connectivity index (χ2v) is 7.00. The standard InChI is InChI=1S/C14H19N3O3S/c1-11-4-5-12(9-16-11)8-15-10-13-6-7-14(20-13)21(18,19)17(2)3/h4-7,9,15H,8,10H2,1-3H3. The molecule has 6 nitrogen and oxygen atoms in total. The molecule has 0 spiro atoms. The SMILES string of the molecule is Cc1ccc(CNCc2ccc(S(=O)(=O)N(C)C)o2)cn1. The Kier molecular flexibility index (Phi) is 4.76. The maximum Gasteiger partial charge on any atom is 0.275 e. The molecule has 0 aliphatic carbocycles. The first-order valence-corrected chi connectivity index (χ1v) is 7.97. The first-order valence-electron chi connectivity index (χ1n) is 6.53. The van der Waals surface area contributed by atoms with Gasteiger partial charge < -0.3 is 9.73 Å². The van der Waals surface area contributed by atoms with E-state index in [0.29, 0.717) is 18.8 Å². The summed E-state index contributed by atoms with van der Waals surface area (Å²) in [6.45, 7) is 3.04. The fourth-order valence-electron chi connectivity index (χ4n) is 1.70. The summed E-state index contributed by atoms with van der Waals surface area (Å²) >= 11 is 0. The van der Waals surface area contributed by atoms with Crippen LogP contribution in [0.3, 0.4) is 0 Å². The summed E-state index contributed by atoms with van der Waals surface area (Å²) < 4.78 is 30.2. The number of pyridine rings is 1. The lowest BCUT2D eigenvalue weighted by Crippen LogP contribution is -2.21. The third-order valence-electron chi connectivity index (χ3n) is 2.97. The third-order valence-corrected chi connectivity index (χ3v) is 4.66. The predicted octanol–water partition coefficient (Wildman–Crippen LogP) is 1.52. The fourth-order valence-corrected chi connectivity index (χ4v) is 2.52. The van der Waals surface area contributed by atoms with E-state index in [1.165, 1.54) is 20.2 Å². The van der Waals surface area contributed by atoms with Gasteiger partial charge in [0.1, 0.15) is 5.76 Å². The van der Waals surface area contributed by atoms with Gasteiger partial charge in [0.2, 0.25) is 5.09 Å². The van der Waals surface area contributed by atoms with Gasteiger partial charge in [-0.05, 0) is 30.7 Å². The second-order valence-electron chi connectivity index (χ2n) is 4.92. The number of aryl methyl sites for hydroxylation is 1. The molecule has 0 bridgehead atoms. The Bertz CT molecular complexity index is 691. The Morgan fingerprint density at radius 2 is 1.95 bits per heavy atom. The first-order chi connectivity index (χ1) is 9.89. The molecule has 0 atom stereocenters. The van der Waals surface area contributed by atoms with Crippen LogP contribution in [0.15, 0.2) is 40.0 Å². The number of hydrogen-bond donors (Lipinski definition) is 1. The number of aromatic nitrogens is 1. The molecule has 0 aliphatic heterocycles. The van der Waals surface area contributed by atoms with E-state index >= 15 is 0 Å². The average Bonchev–Trinajstić information content (AvgIpc) is 2.90. The van der Waals surface area contributed by atoms with Crippen molar-refractivity contribution in [2.24, 2.45) is 0 Å². The van der Waals surface area contributed by atoms with E-state index in [-0.39, 0.29) is 5.09 Å². The molecule has 2 rings (SSSR count). The van der Waals surface area contributed by atoms with Crippen molar-refractivity contribution < 1.29 is 12.8 Å². The number of sulfonamides is 1. The van der Waals surface area contributed by atoms with Gasteiger partial charge in [0.15, 0.2) is 0 Å². The molecule has 0 aromatic carbocycles. The molecule has 2 aromatic rings. The molecule has 0 aliphatic rings. The highest BCUT2D eigenvalue weighted by atomic mass is 32.2. The molecule has 0 fully saturated rings. The normalized spacial score (nSPS) is 12.0. The maximum atomic E-state index is 11.9. The lowest BCUT2D eigenvalue weighted by molar-refractivity contribution is 0.389. The smallest absolute Gasteiger partial charge is 0.275 e. The lowest BCUT2D eigenvalue weighted by atomic mass is 10.2. The molecule has 0 unspecified atom stereocenters. The fraction of sp³-hybridized carbons (Fsp3) is 0.357. The van der Waals surface area contributed by atoms with Crippen LogP contribution in [0.2, 0.25) is 0 Å². The average molecular weight is 309 g/mol. The van der Waals surface area contributed by atoms with Crippen LogP contribution in [0.5, 0.6) is 0 Å². The Balaban J connectivity index is 1.93. The van der Waals surface area contributed by atoms with Crippen molar-refractivity contribution in [3.05, 3.63) is 47.5 Å². The van der Waals surface area contributed by atoms with Gasteiger partial charge in [-0.15, -0.1) is 0 Å². The molecule has 1 N–H and O–H groups in total. The van der Waals surface area contributed by atoms with E-state index in [1.807, 2.05) is 25.3 Å². The summed E-state index contributed by atoms with van der Waals surface area (Å²) in [5, 5.41) is 3.15. The van der Waals surface area contributed by atoms with Gasteiger partial charge in [-0.1, -0.05) is 6.07 Å². The zero-order valence-electron chi connectivity index (χ0n) is 12.3. The zero-order valence-corrected chi connectivity index (χ0v) is 13.1. The van der Waals surface area contributed by atoms with E-state index in [0.717, 1.165) is 15.6 Å². The number of furan rings is 1. The van der Waals surface area contributed by atoms with Crippen molar-refractivity contribution in [1.82, 2.24) is 14.6 Å². The molecule has 0 radical (unpaired) electrons. The number of hydrogen-bond acceptors (Lipinski definition) is 5. The number of nitrogens with zero attached hydrogens (tertiary/aromatic N) is 2. The monoisotopic (exact) mass is 309 g/mol. The number of rotatable bonds is 6. The van der Waals surface area contributed by atoms with Gasteiger partial charge in [-0.2, -0.15) is 0 Å². The molecule has 114 valence electrons. The van der Waals surface area contributed by atoms with E-state index < -0.39 is 10.0 Å². The highest BCUT2D eigenvalue weighted by molar-refractivity contribution is 7.88. The quantitative estimate of drug-likeness (QED) is 0.875. The van der Waals surface area contributed by atoms with Gasteiger partial charge in [-0.3, -0.25) is 4.98 Å². The minimum atomic E-state index is -3.51. The van der Waals surface area contributed by atoms with Crippen LogP contribution < -0.4 is 5.32 Å². The summed E-state index contributed by atoms with van der Waals surface area (Å²) in [6.07, 6.45) is 1.81. The Hall–Kier alpha value is -1.70. The Morgan fingerprint density at radius 1 is 1.19 bits per heavy atom. The predicted molar refractivity (Wildman–Crippen MR) is 79.1 cm³/mol. The van der Waals surface area contributed by atoms with Crippen LogP contribution in [0.1, 0.15) is 17.0 Å². The first kappa shape index (κ1) is 15.7. The summed E-state index contributed by atoms with van der Waals surface area (Å²) in [5.74, 6) is 0.579. The summed E-state index contributed by atoms with van der Waals surface area (Å²) in [5.41, 5.74) is 2.04. The van der Waals surface area contributed by atoms with E-state index in [9.17, 15) is 8.42 Å². The van der Waals surface area contributed by atoms with Crippen molar-refractivity contribution in [1.29, 1.82) is 0 Å². The van der Waals surface area contributed by atoms with Gasteiger partial charge in [-0.25, -0.2) is 12.7 Å². The van der Waals surface area contributed by atoms with Crippen molar-refractivity contribution in [2.75, 3.05) is 14.1 Å². The molecule has 2 aromatic heterocycles. The van der Waals surface area contributed by atoms with Crippen molar-refractivity contribution in [3.63, 3.8) is 0 Å². The second kappa shape index (κ2) is 6.38. The van der Waals surface area contributed by atoms with Crippen molar-refractivity contribution in [3.8, 4) is 0 Å². The van der Waals surface area contributed by atoms with Gasteiger partial charge in [0.25, 0.3) is 10.0 Å². The van der Waals surface area contributed by atoms with Gasteiger partial charge >= 0.3 is 0 Å². The van der Waals surface area contributed by atoms with Crippen LogP contribution in [0.4, 0.5) is 0 Å². The van der Waals surface area contributed by atoms with Crippen molar-refractivity contribution in [2.45, 2.75) is 25.1 Å². The molecule has 0 amide bonds. The van der Waals surface area contributed by atoms with Gasteiger partial charge in [0, 0.05) is 32.5 Å². The van der Waals surface area contributed by atoms with E-state index in [2.05, 4.69) is 10.3 Å². The minimum absolute atomic E-state index is 0.0405. The van der Waals surface area contributed by atoms with Crippen molar-refractivity contribution >= 4 is 10.0 Å². The van der Waals surface area contributed by atoms with Crippen LogP contribution in [0, 0.1) is 6.92 Å². The zero-order chi connectivity index (χ0) is 15.5. The van der Waals surface area contributed by atoms with Gasteiger partial charge in [0.05, 0.1) is 6.54 Å². The molecule has 0 saturated heterocycles. The van der Waals surface area contributed by atoms with Crippen LogP contribution in [0.25, 0.3) is 0 Å². The van der Waals surface area contributed by atoms with E-state index in [1.54, 1.807) is 6.07 Å². The Labute approximate surface area is 124 Å². The molecule has 7 heteroatoms. The maximum absolute atomic E-state index is 11.9. The molecular formula is C14H19N3O3S. The topological polar surface area (TPSA) is 75.4 Å². The third kappa shape index (κ3) is 3.90. The largest absolute Gasteiger partial charge is 0.447 e. The van der Waals surface area contributed by atoms with Crippen LogP contribution in [-0.4, -0.2) is 31.8 Å². The summed E-state index contributed by atoms with van der Waals surface area (Å²) in [7, 11) is -0.564. The van der Waals surface area contributed by atoms with E-state index in [4.69, 9.17) is 4.42 Å². The number of nitrogens with one attached hydrogen (secondary N) is 1.